The summed E-state index contributed by atoms with van der Waals surface area (Å²) in [4.78, 5) is 29.4. The number of carbonyl (C=O) groups is 2. The molecule has 1 aromatic heterocycles. The zero-order valence-electron chi connectivity index (χ0n) is 12.2. The third-order valence-corrected chi connectivity index (χ3v) is 3.81. The SMILES string of the molecule is Cc1nc(-c2ccccc2)oc1C(=O)N1CCC[C@@H]1C(=O)O. The highest BCUT2D eigenvalue weighted by Gasteiger charge is 2.36. The molecule has 1 amide bonds. The first-order valence-corrected chi connectivity index (χ1v) is 7.14. The molecule has 1 atom stereocenters. The van der Waals surface area contributed by atoms with Gasteiger partial charge >= 0.3 is 5.97 Å². The molecule has 22 heavy (non-hydrogen) atoms. The molecule has 1 aliphatic heterocycles. The maximum atomic E-state index is 12.6. The number of rotatable bonds is 3. The van der Waals surface area contributed by atoms with Crippen LogP contribution in [0.1, 0.15) is 29.1 Å². The van der Waals surface area contributed by atoms with Gasteiger partial charge in [-0.3, -0.25) is 4.79 Å². The lowest BCUT2D eigenvalue weighted by molar-refractivity contribution is -0.141. The average molecular weight is 300 g/mol. The van der Waals surface area contributed by atoms with Gasteiger partial charge in [-0.25, -0.2) is 9.78 Å². The fraction of sp³-hybridized carbons (Fsp3) is 0.312. The normalized spacial score (nSPS) is 17.7. The standard InChI is InChI=1S/C16H16N2O4/c1-10-13(15(19)18-9-5-8-12(18)16(20)21)22-14(17-10)11-6-3-2-4-7-11/h2-4,6-7,12H,5,8-9H2,1H3,(H,20,21)/t12-/m1/s1. The molecule has 0 bridgehead atoms. The van der Waals surface area contributed by atoms with Gasteiger partial charge in [-0.05, 0) is 31.9 Å². The van der Waals surface area contributed by atoms with Gasteiger partial charge in [0, 0.05) is 12.1 Å². The Morgan fingerprint density at radius 3 is 2.73 bits per heavy atom. The maximum Gasteiger partial charge on any atom is 0.326 e. The first kappa shape index (κ1) is 14.3. The Bertz CT molecular complexity index is 708. The van der Waals surface area contributed by atoms with E-state index in [0.29, 0.717) is 31.0 Å². The number of carboxylic acids is 1. The predicted molar refractivity (Wildman–Crippen MR) is 78.4 cm³/mol. The number of aromatic nitrogens is 1. The van der Waals surface area contributed by atoms with Crippen molar-refractivity contribution in [2.24, 2.45) is 0 Å². The van der Waals surface area contributed by atoms with E-state index >= 15 is 0 Å². The number of nitrogens with zero attached hydrogens (tertiary/aromatic N) is 2. The molecule has 3 rings (SSSR count). The van der Waals surface area contributed by atoms with E-state index in [1.165, 1.54) is 4.90 Å². The first-order valence-electron chi connectivity index (χ1n) is 7.14. The van der Waals surface area contributed by atoms with Crippen molar-refractivity contribution in [2.75, 3.05) is 6.54 Å². The summed E-state index contributed by atoms with van der Waals surface area (Å²) in [5.41, 5.74) is 1.25. The molecule has 6 heteroatoms. The van der Waals surface area contributed by atoms with Crippen LogP contribution in [0, 0.1) is 6.92 Å². The summed E-state index contributed by atoms with van der Waals surface area (Å²) in [7, 11) is 0. The molecule has 0 aliphatic carbocycles. The molecule has 2 heterocycles. The molecule has 1 aromatic carbocycles. The Morgan fingerprint density at radius 1 is 1.32 bits per heavy atom. The molecule has 2 aromatic rings. The smallest absolute Gasteiger partial charge is 0.326 e. The van der Waals surface area contributed by atoms with Crippen LogP contribution in [0.15, 0.2) is 34.7 Å². The van der Waals surface area contributed by atoms with E-state index < -0.39 is 17.9 Å². The molecule has 6 nitrogen and oxygen atoms in total. The number of hydrogen-bond donors (Lipinski definition) is 1. The molecule has 0 unspecified atom stereocenters. The minimum absolute atomic E-state index is 0.118. The van der Waals surface area contributed by atoms with Crippen LogP contribution in [0.25, 0.3) is 11.5 Å². The van der Waals surface area contributed by atoms with Gasteiger partial charge < -0.3 is 14.4 Å². The Labute approximate surface area is 127 Å². The van der Waals surface area contributed by atoms with Gasteiger partial charge in [0.1, 0.15) is 6.04 Å². The summed E-state index contributed by atoms with van der Waals surface area (Å²) in [6.07, 6.45) is 1.15. The minimum Gasteiger partial charge on any atom is -0.480 e. The summed E-state index contributed by atoms with van der Waals surface area (Å²) in [5, 5.41) is 9.19. The van der Waals surface area contributed by atoms with Gasteiger partial charge in [0.15, 0.2) is 0 Å². The Balaban J connectivity index is 1.91. The summed E-state index contributed by atoms with van der Waals surface area (Å²) in [5.74, 6) is -0.900. The van der Waals surface area contributed by atoms with Crippen LogP contribution in [0.3, 0.4) is 0 Å². The predicted octanol–water partition coefficient (Wildman–Crippen LogP) is 2.34. The van der Waals surface area contributed by atoms with Crippen LogP contribution in [0.2, 0.25) is 0 Å². The minimum atomic E-state index is -0.980. The third kappa shape index (κ3) is 2.47. The lowest BCUT2D eigenvalue weighted by Gasteiger charge is -2.20. The molecule has 0 spiro atoms. The van der Waals surface area contributed by atoms with E-state index in [1.807, 2.05) is 30.3 Å². The van der Waals surface area contributed by atoms with Crippen molar-refractivity contribution in [3.8, 4) is 11.5 Å². The summed E-state index contributed by atoms with van der Waals surface area (Å²) >= 11 is 0. The Hall–Kier alpha value is -2.63. The fourth-order valence-corrected chi connectivity index (χ4v) is 2.70. The molecule has 1 fully saturated rings. The van der Waals surface area contributed by atoms with Crippen LogP contribution in [-0.4, -0.2) is 39.5 Å². The van der Waals surface area contributed by atoms with Crippen molar-refractivity contribution in [1.82, 2.24) is 9.88 Å². The number of benzene rings is 1. The van der Waals surface area contributed by atoms with E-state index in [0.717, 1.165) is 5.56 Å². The largest absolute Gasteiger partial charge is 0.480 e. The molecular weight excluding hydrogens is 284 g/mol. The van der Waals surface area contributed by atoms with Crippen LogP contribution in [-0.2, 0) is 4.79 Å². The van der Waals surface area contributed by atoms with Crippen molar-refractivity contribution >= 4 is 11.9 Å². The fourth-order valence-electron chi connectivity index (χ4n) is 2.70. The summed E-state index contributed by atoms with van der Waals surface area (Å²) < 4.78 is 5.61. The van der Waals surface area contributed by atoms with Crippen LogP contribution in [0.4, 0.5) is 0 Å². The van der Waals surface area contributed by atoms with E-state index in [1.54, 1.807) is 6.92 Å². The van der Waals surface area contributed by atoms with Crippen molar-refractivity contribution in [1.29, 1.82) is 0 Å². The molecule has 1 aliphatic rings. The zero-order chi connectivity index (χ0) is 15.7. The molecule has 114 valence electrons. The van der Waals surface area contributed by atoms with Gasteiger partial charge in [0.25, 0.3) is 5.91 Å². The summed E-state index contributed by atoms with van der Waals surface area (Å²) in [6.45, 7) is 2.12. The van der Waals surface area contributed by atoms with E-state index in [4.69, 9.17) is 4.42 Å². The van der Waals surface area contributed by atoms with Gasteiger partial charge in [0.05, 0.1) is 5.69 Å². The maximum absolute atomic E-state index is 12.6. The van der Waals surface area contributed by atoms with Crippen molar-refractivity contribution in [2.45, 2.75) is 25.8 Å². The highest BCUT2D eigenvalue weighted by molar-refractivity contribution is 5.95. The zero-order valence-corrected chi connectivity index (χ0v) is 12.2. The van der Waals surface area contributed by atoms with Gasteiger partial charge in [0.2, 0.25) is 11.7 Å². The number of aryl methyl sites for hydroxylation is 1. The number of oxazole rings is 1. The number of carboxylic acid groups (broad SMARTS) is 1. The summed E-state index contributed by atoms with van der Waals surface area (Å²) in [6, 6.07) is 8.50. The van der Waals surface area contributed by atoms with Crippen molar-refractivity contribution in [3.63, 3.8) is 0 Å². The first-order chi connectivity index (χ1) is 10.6. The average Bonchev–Trinajstić information content (AvgIpc) is 3.14. The molecule has 1 saturated heterocycles. The second kappa shape index (κ2) is 5.63. The second-order valence-corrected chi connectivity index (χ2v) is 5.29. The number of likely N-dealkylation sites (tertiary alicyclic amines) is 1. The molecular formula is C16H16N2O4. The molecule has 0 saturated carbocycles. The van der Waals surface area contributed by atoms with Crippen LogP contribution in [0.5, 0.6) is 0 Å². The van der Waals surface area contributed by atoms with Gasteiger partial charge in [-0.2, -0.15) is 0 Å². The number of hydrogen-bond acceptors (Lipinski definition) is 4. The van der Waals surface area contributed by atoms with E-state index in [9.17, 15) is 14.7 Å². The van der Waals surface area contributed by atoms with Crippen molar-refractivity contribution < 1.29 is 19.1 Å². The third-order valence-electron chi connectivity index (χ3n) is 3.81. The highest BCUT2D eigenvalue weighted by atomic mass is 16.4. The van der Waals surface area contributed by atoms with Crippen molar-refractivity contribution in [3.05, 3.63) is 41.8 Å². The Kier molecular flexibility index (Phi) is 3.66. The number of amides is 1. The number of aliphatic carboxylic acids is 1. The number of carbonyl (C=O) groups excluding carboxylic acids is 1. The van der Waals surface area contributed by atoms with Crippen LogP contribution < -0.4 is 0 Å². The monoisotopic (exact) mass is 300 g/mol. The quantitative estimate of drug-likeness (QED) is 0.940. The van der Waals surface area contributed by atoms with E-state index in [-0.39, 0.29) is 5.76 Å². The lowest BCUT2D eigenvalue weighted by Crippen LogP contribution is -2.40. The Morgan fingerprint density at radius 2 is 2.05 bits per heavy atom. The van der Waals surface area contributed by atoms with Gasteiger partial charge in [-0.1, -0.05) is 18.2 Å². The molecule has 1 N–H and O–H groups in total. The van der Waals surface area contributed by atoms with Crippen LogP contribution >= 0.6 is 0 Å². The van der Waals surface area contributed by atoms with Gasteiger partial charge in [-0.15, -0.1) is 0 Å². The highest BCUT2D eigenvalue weighted by Crippen LogP contribution is 2.25. The van der Waals surface area contributed by atoms with E-state index in [2.05, 4.69) is 4.98 Å². The lowest BCUT2D eigenvalue weighted by atomic mass is 10.2. The topological polar surface area (TPSA) is 83.6 Å². The second-order valence-electron chi connectivity index (χ2n) is 5.29. The molecule has 0 radical (unpaired) electrons.